The summed E-state index contributed by atoms with van der Waals surface area (Å²) in [5.74, 6) is -0.0885. The highest BCUT2D eigenvalue weighted by Crippen LogP contribution is 2.12. The van der Waals surface area contributed by atoms with Crippen molar-refractivity contribution in [3.63, 3.8) is 0 Å². The SMILES string of the molecule is COS(=O)(=O)C[C@H]1CN(Cc2ccccc2)CCO1. The van der Waals surface area contributed by atoms with Crippen LogP contribution in [0, 0.1) is 0 Å². The number of nitrogens with zero attached hydrogens (tertiary/aromatic N) is 1. The summed E-state index contributed by atoms with van der Waals surface area (Å²) in [7, 11) is -2.29. The summed E-state index contributed by atoms with van der Waals surface area (Å²) in [5.41, 5.74) is 1.22. The second-order valence-corrected chi connectivity index (χ2v) is 6.39. The van der Waals surface area contributed by atoms with Crippen molar-refractivity contribution in [3.8, 4) is 0 Å². The summed E-state index contributed by atoms with van der Waals surface area (Å²) in [6, 6.07) is 10.1. The molecule has 0 bridgehead atoms. The van der Waals surface area contributed by atoms with E-state index in [1.807, 2.05) is 18.2 Å². The Morgan fingerprint density at radius 3 is 2.79 bits per heavy atom. The van der Waals surface area contributed by atoms with E-state index in [0.29, 0.717) is 13.2 Å². The average molecular weight is 285 g/mol. The smallest absolute Gasteiger partial charge is 0.269 e. The van der Waals surface area contributed by atoms with Gasteiger partial charge in [0.25, 0.3) is 10.1 Å². The monoisotopic (exact) mass is 285 g/mol. The Labute approximate surface area is 114 Å². The summed E-state index contributed by atoms with van der Waals surface area (Å²) < 4.78 is 32.8. The van der Waals surface area contributed by atoms with Crippen LogP contribution in [-0.2, 0) is 25.6 Å². The number of morpholine rings is 1. The van der Waals surface area contributed by atoms with Crippen LogP contribution in [0.15, 0.2) is 30.3 Å². The molecular formula is C13H19NO4S. The predicted octanol–water partition coefficient (Wildman–Crippen LogP) is 0.864. The van der Waals surface area contributed by atoms with Crippen LogP contribution in [0.25, 0.3) is 0 Å². The van der Waals surface area contributed by atoms with Gasteiger partial charge in [0.2, 0.25) is 0 Å². The van der Waals surface area contributed by atoms with Gasteiger partial charge in [0.1, 0.15) is 5.75 Å². The van der Waals surface area contributed by atoms with Crippen molar-refractivity contribution in [2.75, 3.05) is 32.6 Å². The van der Waals surface area contributed by atoms with Gasteiger partial charge in [-0.05, 0) is 5.56 Å². The Kier molecular flexibility index (Phi) is 4.93. The Balaban J connectivity index is 1.91. The van der Waals surface area contributed by atoms with Gasteiger partial charge in [0, 0.05) is 19.6 Å². The van der Waals surface area contributed by atoms with Crippen molar-refractivity contribution in [2.24, 2.45) is 0 Å². The number of rotatable bonds is 5. The molecule has 0 spiro atoms. The van der Waals surface area contributed by atoms with Crippen molar-refractivity contribution in [1.29, 1.82) is 0 Å². The van der Waals surface area contributed by atoms with E-state index in [1.54, 1.807) is 0 Å². The summed E-state index contributed by atoms with van der Waals surface area (Å²) in [4.78, 5) is 2.20. The van der Waals surface area contributed by atoms with Gasteiger partial charge in [-0.25, -0.2) is 0 Å². The van der Waals surface area contributed by atoms with Gasteiger partial charge in [-0.1, -0.05) is 30.3 Å². The molecule has 1 saturated heterocycles. The van der Waals surface area contributed by atoms with E-state index < -0.39 is 10.1 Å². The lowest BCUT2D eigenvalue weighted by Gasteiger charge is -2.32. The Morgan fingerprint density at radius 1 is 1.37 bits per heavy atom. The van der Waals surface area contributed by atoms with Crippen LogP contribution in [-0.4, -0.2) is 52.0 Å². The molecule has 0 saturated carbocycles. The average Bonchev–Trinajstić information content (AvgIpc) is 2.40. The van der Waals surface area contributed by atoms with E-state index in [0.717, 1.165) is 13.1 Å². The molecule has 106 valence electrons. The fourth-order valence-electron chi connectivity index (χ4n) is 2.16. The maximum absolute atomic E-state index is 11.4. The van der Waals surface area contributed by atoms with Gasteiger partial charge >= 0.3 is 0 Å². The van der Waals surface area contributed by atoms with Crippen molar-refractivity contribution < 1.29 is 17.3 Å². The molecule has 6 heteroatoms. The third kappa shape index (κ3) is 4.58. The lowest BCUT2D eigenvalue weighted by molar-refractivity contribution is -0.0202. The molecule has 0 aliphatic carbocycles. The van der Waals surface area contributed by atoms with Gasteiger partial charge in [0.05, 0.1) is 19.8 Å². The van der Waals surface area contributed by atoms with Gasteiger partial charge in [-0.3, -0.25) is 9.08 Å². The molecule has 0 amide bonds. The Hall–Kier alpha value is -0.950. The molecule has 0 unspecified atom stereocenters. The second kappa shape index (κ2) is 6.47. The molecule has 2 rings (SSSR count). The lowest BCUT2D eigenvalue weighted by atomic mass is 10.2. The molecule has 1 fully saturated rings. The molecule has 1 atom stereocenters. The summed E-state index contributed by atoms with van der Waals surface area (Å²) in [6.07, 6.45) is -0.317. The van der Waals surface area contributed by atoms with Crippen molar-refractivity contribution in [3.05, 3.63) is 35.9 Å². The van der Waals surface area contributed by atoms with Crippen LogP contribution in [0.5, 0.6) is 0 Å². The second-order valence-electron chi connectivity index (χ2n) is 4.60. The molecule has 1 aliphatic heterocycles. The van der Waals surface area contributed by atoms with E-state index in [9.17, 15) is 8.42 Å². The molecule has 0 N–H and O–H groups in total. The molecular weight excluding hydrogens is 266 g/mol. The first-order valence-corrected chi connectivity index (χ1v) is 7.83. The maximum Gasteiger partial charge on any atom is 0.269 e. The number of ether oxygens (including phenoxy) is 1. The van der Waals surface area contributed by atoms with E-state index in [2.05, 4.69) is 21.2 Å². The minimum absolute atomic E-state index is 0.0885. The Morgan fingerprint density at radius 2 is 2.11 bits per heavy atom. The minimum Gasteiger partial charge on any atom is -0.374 e. The van der Waals surface area contributed by atoms with E-state index in [-0.39, 0.29) is 11.9 Å². The summed E-state index contributed by atoms with van der Waals surface area (Å²) in [5, 5.41) is 0. The first-order chi connectivity index (χ1) is 9.09. The zero-order chi connectivity index (χ0) is 13.7. The third-order valence-electron chi connectivity index (χ3n) is 3.12. The quantitative estimate of drug-likeness (QED) is 0.751. The van der Waals surface area contributed by atoms with Gasteiger partial charge < -0.3 is 4.74 Å². The topological polar surface area (TPSA) is 55.8 Å². The van der Waals surface area contributed by atoms with Crippen LogP contribution < -0.4 is 0 Å². The van der Waals surface area contributed by atoms with E-state index in [1.165, 1.54) is 12.7 Å². The molecule has 19 heavy (non-hydrogen) atoms. The molecule has 0 radical (unpaired) electrons. The Bertz CT molecular complexity index is 489. The largest absolute Gasteiger partial charge is 0.374 e. The zero-order valence-electron chi connectivity index (χ0n) is 11.0. The predicted molar refractivity (Wildman–Crippen MR) is 72.3 cm³/mol. The van der Waals surface area contributed by atoms with Crippen molar-refractivity contribution in [2.45, 2.75) is 12.6 Å². The van der Waals surface area contributed by atoms with Crippen LogP contribution in [0.1, 0.15) is 5.56 Å². The van der Waals surface area contributed by atoms with Gasteiger partial charge in [0.15, 0.2) is 0 Å². The first-order valence-electron chi connectivity index (χ1n) is 6.25. The fourth-order valence-corrected chi connectivity index (χ4v) is 2.96. The van der Waals surface area contributed by atoms with Crippen molar-refractivity contribution in [1.82, 2.24) is 4.90 Å². The lowest BCUT2D eigenvalue weighted by Crippen LogP contribution is -2.44. The third-order valence-corrected chi connectivity index (χ3v) is 4.40. The maximum atomic E-state index is 11.4. The standard InChI is InChI=1S/C13H19NO4S/c1-17-19(15,16)11-13-10-14(7-8-18-13)9-12-5-3-2-4-6-12/h2-6,13H,7-11H2,1H3/t13-/m1/s1. The van der Waals surface area contributed by atoms with E-state index in [4.69, 9.17) is 4.74 Å². The summed E-state index contributed by atoms with van der Waals surface area (Å²) in [6.45, 7) is 2.79. The highest BCUT2D eigenvalue weighted by atomic mass is 32.2. The molecule has 0 aromatic heterocycles. The molecule has 5 nitrogen and oxygen atoms in total. The van der Waals surface area contributed by atoms with Crippen LogP contribution in [0.3, 0.4) is 0 Å². The fraction of sp³-hybridized carbons (Fsp3) is 0.538. The minimum atomic E-state index is -3.47. The van der Waals surface area contributed by atoms with Crippen LogP contribution in [0.4, 0.5) is 0 Å². The molecule has 1 aliphatic rings. The molecule has 1 aromatic carbocycles. The van der Waals surface area contributed by atoms with E-state index >= 15 is 0 Å². The van der Waals surface area contributed by atoms with Gasteiger partial charge in [-0.2, -0.15) is 8.42 Å². The van der Waals surface area contributed by atoms with Crippen molar-refractivity contribution >= 4 is 10.1 Å². The number of hydrogen-bond donors (Lipinski definition) is 0. The zero-order valence-corrected chi connectivity index (χ0v) is 11.8. The summed E-state index contributed by atoms with van der Waals surface area (Å²) >= 11 is 0. The molecule has 1 heterocycles. The van der Waals surface area contributed by atoms with Crippen LogP contribution >= 0.6 is 0 Å². The number of hydrogen-bond acceptors (Lipinski definition) is 5. The normalized spacial score (nSPS) is 21.4. The first kappa shape index (κ1) is 14.5. The highest BCUT2D eigenvalue weighted by molar-refractivity contribution is 7.86. The van der Waals surface area contributed by atoms with Crippen LogP contribution in [0.2, 0.25) is 0 Å². The van der Waals surface area contributed by atoms with Gasteiger partial charge in [-0.15, -0.1) is 0 Å². The molecule has 1 aromatic rings. The highest BCUT2D eigenvalue weighted by Gasteiger charge is 2.25. The number of benzene rings is 1.